The molecule has 1 aliphatic heterocycles. The van der Waals surface area contributed by atoms with Crippen LogP contribution in [-0.4, -0.2) is 52.5 Å². The largest absolute Gasteiger partial charge is 0.394 e. The fraction of sp³-hybridized carbons (Fsp3) is 0.692. The van der Waals surface area contributed by atoms with E-state index in [0.717, 1.165) is 18.9 Å². The lowest BCUT2D eigenvalue weighted by Crippen LogP contribution is -2.34. The molecule has 0 aromatic carbocycles. The summed E-state index contributed by atoms with van der Waals surface area (Å²) in [5.74, 6) is 2.29. The molecule has 1 fully saturated rings. The standard InChI is InChI=1S/C13H22N4O2/c1-10-3-2-4-17(7-10)13-5-12(15-9-16-13)14-6-11(19)8-18/h5,9-11,18-19H,2-4,6-8H2,1H3,(H,14,15,16). The highest BCUT2D eigenvalue weighted by Gasteiger charge is 2.17. The van der Waals surface area contributed by atoms with Gasteiger partial charge in [0.2, 0.25) is 0 Å². The molecule has 6 heteroatoms. The maximum Gasteiger partial charge on any atom is 0.134 e. The molecule has 0 spiro atoms. The summed E-state index contributed by atoms with van der Waals surface area (Å²) in [6.07, 6.45) is 3.22. The summed E-state index contributed by atoms with van der Waals surface area (Å²) in [7, 11) is 0. The minimum absolute atomic E-state index is 0.255. The van der Waals surface area contributed by atoms with Gasteiger partial charge >= 0.3 is 0 Å². The van der Waals surface area contributed by atoms with E-state index in [1.165, 1.54) is 19.2 Å². The third kappa shape index (κ3) is 4.04. The van der Waals surface area contributed by atoms with Crippen molar-refractivity contribution in [1.82, 2.24) is 9.97 Å². The highest BCUT2D eigenvalue weighted by molar-refractivity contribution is 5.48. The molecule has 2 unspecified atom stereocenters. The van der Waals surface area contributed by atoms with Crippen molar-refractivity contribution in [2.24, 2.45) is 5.92 Å². The third-order valence-corrected chi connectivity index (χ3v) is 3.36. The van der Waals surface area contributed by atoms with Crippen molar-refractivity contribution >= 4 is 11.6 Å². The topological polar surface area (TPSA) is 81.5 Å². The molecular weight excluding hydrogens is 244 g/mol. The molecule has 0 aliphatic carbocycles. The van der Waals surface area contributed by atoms with Gasteiger partial charge in [-0.2, -0.15) is 0 Å². The predicted molar refractivity (Wildman–Crippen MR) is 74.2 cm³/mol. The van der Waals surface area contributed by atoms with E-state index in [1.54, 1.807) is 0 Å². The summed E-state index contributed by atoms with van der Waals surface area (Å²) in [5, 5.41) is 21.1. The van der Waals surface area contributed by atoms with Gasteiger partial charge in [0, 0.05) is 25.7 Å². The van der Waals surface area contributed by atoms with Crippen LogP contribution in [-0.2, 0) is 0 Å². The lowest BCUT2D eigenvalue weighted by atomic mass is 10.0. The van der Waals surface area contributed by atoms with Crippen LogP contribution in [0.25, 0.3) is 0 Å². The third-order valence-electron chi connectivity index (χ3n) is 3.36. The van der Waals surface area contributed by atoms with E-state index < -0.39 is 6.10 Å². The van der Waals surface area contributed by atoms with E-state index in [1.807, 2.05) is 6.07 Å². The van der Waals surface area contributed by atoms with E-state index >= 15 is 0 Å². The summed E-state index contributed by atoms with van der Waals surface area (Å²) in [4.78, 5) is 10.7. The lowest BCUT2D eigenvalue weighted by Gasteiger charge is -2.31. The average Bonchev–Trinajstić information content (AvgIpc) is 2.45. The van der Waals surface area contributed by atoms with Crippen LogP contribution in [0.5, 0.6) is 0 Å². The molecule has 0 saturated carbocycles. The molecule has 2 heterocycles. The molecule has 106 valence electrons. The van der Waals surface area contributed by atoms with Crippen molar-refractivity contribution in [3.8, 4) is 0 Å². The molecule has 6 nitrogen and oxygen atoms in total. The Kier molecular flexibility index (Phi) is 4.93. The van der Waals surface area contributed by atoms with Crippen LogP contribution in [0.4, 0.5) is 11.6 Å². The molecule has 1 aromatic heterocycles. The van der Waals surface area contributed by atoms with Gasteiger partial charge in [0.05, 0.1) is 12.7 Å². The summed E-state index contributed by atoms with van der Waals surface area (Å²) in [6, 6.07) is 1.89. The van der Waals surface area contributed by atoms with Gasteiger partial charge in [-0.15, -0.1) is 0 Å². The van der Waals surface area contributed by atoms with Gasteiger partial charge in [0.15, 0.2) is 0 Å². The molecule has 1 aromatic rings. The van der Waals surface area contributed by atoms with Gasteiger partial charge in [-0.3, -0.25) is 0 Å². The zero-order chi connectivity index (χ0) is 13.7. The Morgan fingerprint density at radius 1 is 1.53 bits per heavy atom. The van der Waals surface area contributed by atoms with Crippen LogP contribution >= 0.6 is 0 Å². The normalized spacial score (nSPS) is 21.2. The van der Waals surface area contributed by atoms with Gasteiger partial charge in [0.25, 0.3) is 0 Å². The molecule has 19 heavy (non-hydrogen) atoms. The van der Waals surface area contributed by atoms with Crippen molar-refractivity contribution in [1.29, 1.82) is 0 Å². The molecule has 0 amide bonds. The zero-order valence-electron chi connectivity index (χ0n) is 11.3. The van der Waals surface area contributed by atoms with Crippen molar-refractivity contribution in [3.63, 3.8) is 0 Å². The quantitative estimate of drug-likeness (QED) is 0.719. The molecular formula is C13H22N4O2. The number of aromatic nitrogens is 2. The minimum atomic E-state index is -0.770. The highest BCUT2D eigenvalue weighted by Crippen LogP contribution is 2.22. The monoisotopic (exact) mass is 266 g/mol. The van der Waals surface area contributed by atoms with Gasteiger partial charge < -0.3 is 20.4 Å². The number of aliphatic hydroxyl groups is 2. The first-order valence-electron chi connectivity index (χ1n) is 6.79. The van der Waals surface area contributed by atoms with Crippen LogP contribution in [0, 0.1) is 5.92 Å². The second kappa shape index (κ2) is 6.68. The zero-order valence-corrected chi connectivity index (χ0v) is 11.3. The number of nitrogens with zero attached hydrogens (tertiary/aromatic N) is 3. The highest BCUT2D eigenvalue weighted by atomic mass is 16.3. The average molecular weight is 266 g/mol. The molecule has 3 N–H and O–H groups in total. The maximum atomic E-state index is 9.31. The number of nitrogens with one attached hydrogen (secondary N) is 1. The SMILES string of the molecule is CC1CCCN(c2cc(NCC(O)CO)ncn2)C1. The van der Waals surface area contributed by atoms with Crippen LogP contribution in [0.15, 0.2) is 12.4 Å². The molecule has 1 aliphatic rings. The van der Waals surface area contributed by atoms with Crippen molar-refractivity contribution < 1.29 is 10.2 Å². The van der Waals surface area contributed by atoms with E-state index in [2.05, 4.69) is 27.1 Å². The van der Waals surface area contributed by atoms with Gasteiger partial charge in [-0.25, -0.2) is 9.97 Å². The van der Waals surface area contributed by atoms with E-state index in [-0.39, 0.29) is 13.2 Å². The number of hydrogen-bond acceptors (Lipinski definition) is 6. The minimum Gasteiger partial charge on any atom is -0.394 e. The summed E-state index contributed by atoms with van der Waals surface area (Å²) >= 11 is 0. The summed E-state index contributed by atoms with van der Waals surface area (Å²) in [6.45, 7) is 4.33. The molecule has 0 radical (unpaired) electrons. The van der Waals surface area contributed by atoms with E-state index in [0.29, 0.717) is 11.7 Å². The van der Waals surface area contributed by atoms with Crippen molar-refractivity contribution in [3.05, 3.63) is 12.4 Å². The Balaban J connectivity index is 1.98. The Morgan fingerprint density at radius 2 is 2.37 bits per heavy atom. The number of aliphatic hydroxyl groups excluding tert-OH is 2. The first-order chi connectivity index (χ1) is 9.19. The first kappa shape index (κ1) is 14.0. The number of hydrogen-bond donors (Lipinski definition) is 3. The van der Waals surface area contributed by atoms with Crippen LogP contribution in [0.1, 0.15) is 19.8 Å². The smallest absolute Gasteiger partial charge is 0.134 e. The number of rotatable bonds is 5. The lowest BCUT2D eigenvalue weighted by molar-refractivity contribution is 0.105. The Morgan fingerprint density at radius 3 is 3.11 bits per heavy atom. The number of anilines is 2. The predicted octanol–water partition coefficient (Wildman–Crippen LogP) is 0.478. The van der Waals surface area contributed by atoms with Crippen LogP contribution < -0.4 is 10.2 Å². The van der Waals surface area contributed by atoms with Crippen molar-refractivity contribution in [2.45, 2.75) is 25.9 Å². The summed E-state index contributed by atoms with van der Waals surface area (Å²) in [5.41, 5.74) is 0. The van der Waals surface area contributed by atoms with Crippen molar-refractivity contribution in [2.75, 3.05) is 36.5 Å². The first-order valence-corrected chi connectivity index (χ1v) is 6.79. The molecule has 2 rings (SSSR count). The molecule has 2 atom stereocenters. The van der Waals surface area contributed by atoms with Crippen LogP contribution in [0.3, 0.4) is 0 Å². The van der Waals surface area contributed by atoms with Gasteiger partial charge in [-0.1, -0.05) is 6.92 Å². The number of piperidine rings is 1. The van der Waals surface area contributed by atoms with E-state index in [4.69, 9.17) is 5.11 Å². The Labute approximate surface area is 113 Å². The second-order valence-corrected chi connectivity index (χ2v) is 5.17. The van der Waals surface area contributed by atoms with E-state index in [9.17, 15) is 5.11 Å². The Hall–Kier alpha value is -1.40. The maximum absolute atomic E-state index is 9.31. The molecule has 1 saturated heterocycles. The van der Waals surface area contributed by atoms with Crippen LogP contribution in [0.2, 0.25) is 0 Å². The fourth-order valence-corrected chi connectivity index (χ4v) is 2.30. The summed E-state index contributed by atoms with van der Waals surface area (Å²) < 4.78 is 0. The Bertz CT molecular complexity index is 402. The van der Waals surface area contributed by atoms with Gasteiger partial charge in [0.1, 0.15) is 18.0 Å². The molecule has 0 bridgehead atoms. The fourth-order valence-electron chi connectivity index (χ4n) is 2.30. The second-order valence-electron chi connectivity index (χ2n) is 5.17. The van der Waals surface area contributed by atoms with Gasteiger partial charge in [-0.05, 0) is 18.8 Å².